The normalized spacial score (nSPS) is 17.0. The number of hydrogen-bond acceptors (Lipinski definition) is 3. The summed E-state index contributed by atoms with van der Waals surface area (Å²) in [5, 5.41) is 2.76. The van der Waals surface area contributed by atoms with E-state index in [1.54, 1.807) is 0 Å². The first-order chi connectivity index (χ1) is 12.7. The van der Waals surface area contributed by atoms with Gasteiger partial charge in [-0.3, -0.25) is 4.79 Å². The molecular weight excluding hydrogens is 326 g/mol. The number of amides is 1. The SMILES string of the molecule is CCCCCCCC/C=C/CCCCCCCC(=O)N[C@H]1CCOC1=O. The number of allylic oxidation sites excluding steroid dienone is 2. The zero-order valence-corrected chi connectivity index (χ0v) is 16.8. The van der Waals surface area contributed by atoms with Gasteiger partial charge in [-0.2, -0.15) is 0 Å². The number of hydrogen-bond donors (Lipinski definition) is 1. The van der Waals surface area contributed by atoms with Crippen LogP contribution in [0.2, 0.25) is 0 Å². The number of cyclic esters (lactones) is 1. The van der Waals surface area contributed by atoms with Gasteiger partial charge >= 0.3 is 5.97 Å². The molecule has 4 heteroatoms. The predicted molar refractivity (Wildman–Crippen MR) is 107 cm³/mol. The van der Waals surface area contributed by atoms with E-state index in [1.807, 2.05) is 0 Å². The van der Waals surface area contributed by atoms with Gasteiger partial charge in [-0.15, -0.1) is 0 Å². The van der Waals surface area contributed by atoms with Gasteiger partial charge in [0.25, 0.3) is 0 Å². The quantitative estimate of drug-likeness (QED) is 0.225. The van der Waals surface area contributed by atoms with E-state index in [2.05, 4.69) is 24.4 Å². The molecule has 1 saturated heterocycles. The van der Waals surface area contributed by atoms with Crippen LogP contribution in [-0.2, 0) is 14.3 Å². The minimum atomic E-state index is -0.411. The van der Waals surface area contributed by atoms with Crippen molar-refractivity contribution in [1.82, 2.24) is 5.32 Å². The fourth-order valence-electron chi connectivity index (χ4n) is 3.25. The van der Waals surface area contributed by atoms with E-state index >= 15 is 0 Å². The first-order valence-corrected chi connectivity index (χ1v) is 10.8. The summed E-state index contributed by atoms with van der Waals surface area (Å²) in [6, 6.07) is -0.411. The van der Waals surface area contributed by atoms with E-state index in [-0.39, 0.29) is 11.9 Å². The monoisotopic (exact) mass is 365 g/mol. The molecular formula is C22H39NO3. The Morgan fingerprint density at radius 3 is 2.12 bits per heavy atom. The Bertz CT molecular complexity index is 406. The van der Waals surface area contributed by atoms with Gasteiger partial charge in [0, 0.05) is 12.8 Å². The van der Waals surface area contributed by atoms with Crippen molar-refractivity contribution in [2.45, 2.75) is 109 Å². The van der Waals surface area contributed by atoms with Crippen molar-refractivity contribution in [2.24, 2.45) is 0 Å². The number of carbonyl (C=O) groups excluding carboxylic acids is 2. The number of nitrogens with one attached hydrogen (secondary N) is 1. The van der Waals surface area contributed by atoms with Gasteiger partial charge in [-0.05, 0) is 32.1 Å². The third kappa shape index (κ3) is 12.1. The first kappa shape index (κ1) is 22.7. The standard InChI is InChI=1S/C22H39NO3/c1-2-3-4-5-6-7-8-9-10-11-12-13-14-15-16-17-21(24)23-20-18-19-26-22(20)25/h9-10,20H,2-8,11-19H2,1H3,(H,23,24)/b10-9+/t20-/m0/s1. The highest BCUT2D eigenvalue weighted by Gasteiger charge is 2.27. The average Bonchev–Trinajstić information content (AvgIpc) is 3.03. The molecule has 26 heavy (non-hydrogen) atoms. The first-order valence-electron chi connectivity index (χ1n) is 10.8. The van der Waals surface area contributed by atoms with E-state index in [4.69, 9.17) is 4.74 Å². The van der Waals surface area contributed by atoms with Crippen molar-refractivity contribution in [3.05, 3.63) is 12.2 Å². The van der Waals surface area contributed by atoms with Crippen molar-refractivity contribution in [1.29, 1.82) is 0 Å². The maximum atomic E-state index is 11.8. The number of carbonyl (C=O) groups is 2. The van der Waals surface area contributed by atoms with Crippen molar-refractivity contribution < 1.29 is 14.3 Å². The van der Waals surface area contributed by atoms with Crippen LogP contribution in [0, 0.1) is 0 Å². The summed E-state index contributed by atoms with van der Waals surface area (Å²) in [5.74, 6) is -0.311. The molecule has 0 radical (unpaired) electrons. The molecule has 1 rings (SSSR count). The summed E-state index contributed by atoms with van der Waals surface area (Å²) >= 11 is 0. The molecule has 1 N–H and O–H groups in total. The minimum absolute atomic E-state index is 0.0218. The molecule has 0 aromatic heterocycles. The van der Waals surface area contributed by atoms with Crippen LogP contribution in [0.3, 0.4) is 0 Å². The summed E-state index contributed by atoms with van der Waals surface area (Å²) in [5.41, 5.74) is 0. The molecule has 4 nitrogen and oxygen atoms in total. The smallest absolute Gasteiger partial charge is 0.328 e. The fraction of sp³-hybridized carbons (Fsp3) is 0.818. The van der Waals surface area contributed by atoms with E-state index in [0.29, 0.717) is 19.4 Å². The average molecular weight is 366 g/mol. The number of unbranched alkanes of at least 4 members (excludes halogenated alkanes) is 11. The lowest BCUT2D eigenvalue weighted by Gasteiger charge is -2.08. The molecule has 0 aliphatic carbocycles. The summed E-state index contributed by atoms with van der Waals surface area (Å²) in [6.07, 6.45) is 22.1. The summed E-state index contributed by atoms with van der Waals surface area (Å²) in [7, 11) is 0. The summed E-state index contributed by atoms with van der Waals surface area (Å²) in [4.78, 5) is 23.0. The third-order valence-corrected chi connectivity index (χ3v) is 4.94. The van der Waals surface area contributed by atoms with Crippen LogP contribution < -0.4 is 5.32 Å². The molecule has 0 unspecified atom stereocenters. The molecule has 0 spiro atoms. The largest absolute Gasteiger partial charge is 0.464 e. The topological polar surface area (TPSA) is 55.4 Å². The Kier molecular flexibility index (Phi) is 13.9. The summed E-state index contributed by atoms with van der Waals surface area (Å²) in [6.45, 7) is 2.69. The predicted octanol–water partition coefficient (Wildman–Crippen LogP) is 5.46. The van der Waals surface area contributed by atoms with Gasteiger partial charge in [0.1, 0.15) is 6.04 Å². The Morgan fingerprint density at radius 1 is 0.962 bits per heavy atom. The van der Waals surface area contributed by atoms with Gasteiger partial charge < -0.3 is 10.1 Å². The Labute approximate surface area is 160 Å². The van der Waals surface area contributed by atoms with Crippen molar-refractivity contribution in [3.8, 4) is 0 Å². The van der Waals surface area contributed by atoms with Gasteiger partial charge in [0.15, 0.2) is 0 Å². The Morgan fingerprint density at radius 2 is 1.54 bits per heavy atom. The zero-order valence-electron chi connectivity index (χ0n) is 16.8. The third-order valence-electron chi connectivity index (χ3n) is 4.94. The van der Waals surface area contributed by atoms with Crippen molar-refractivity contribution >= 4 is 11.9 Å². The minimum Gasteiger partial charge on any atom is -0.464 e. The van der Waals surface area contributed by atoms with E-state index in [0.717, 1.165) is 12.8 Å². The van der Waals surface area contributed by atoms with E-state index in [1.165, 1.54) is 70.6 Å². The maximum absolute atomic E-state index is 11.8. The zero-order chi connectivity index (χ0) is 18.9. The molecule has 0 saturated carbocycles. The number of ether oxygens (including phenoxy) is 1. The van der Waals surface area contributed by atoms with Gasteiger partial charge in [-0.1, -0.05) is 70.4 Å². The molecule has 1 aliphatic rings. The van der Waals surface area contributed by atoms with Crippen LogP contribution in [0.1, 0.15) is 103 Å². The van der Waals surface area contributed by atoms with Crippen LogP contribution in [0.25, 0.3) is 0 Å². The van der Waals surface area contributed by atoms with Gasteiger partial charge in [0.2, 0.25) is 5.91 Å². The van der Waals surface area contributed by atoms with Crippen LogP contribution >= 0.6 is 0 Å². The molecule has 150 valence electrons. The molecule has 1 fully saturated rings. The molecule has 0 bridgehead atoms. The Hall–Kier alpha value is -1.32. The molecule has 1 atom stereocenters. The second-order valence-electron chi connectivity index (χ2n) is 7.41. The van der Waals surface area contributed by atoms with Crippen LogP contribution in [0.4, 0.5) is 0 Å². The lowest BCUT2D eigenvalue weighted by Crippen LogP contribution is -2.37. The van der Waals surface area contributed by atoms with Crippen molar-refractivity contribution in [2.75, 3.05) is 6.61 Å². The lowest BCUT2D eigenvalue weighted by atomic mass is 10.1. The van der Waals surface area contributed by atoms with E-state index < -0.39 is 6.04 Å². The maximum Gasteiger partial charge on any atom is 0.328 e. The molecule has 0 aromatic carbocycles. The second kappa shape index (κ2) is 15.9. The Balaban J connectivity index is 1.81. The second-order valence-corrected chi connectivity index (χ2v) is 7.41. The highest BCUT2D eigenvalue weighted by Crippen LogP contribution is 2.11. The van der Waals surface area contributed by atoms with Crippen LogP contribution in [-0.4, -0.2) is 24.5 Å². The van der Waals surface area contributed by atoms with Gasteiger partial charge in [0.05, 0.1) is 6.61 Å². The molecule has 0 aromatic rings. The highest BCUT2D eigenvalue weighted by atomic mass is 16.5. The van der Waals surface area contributed by atoms with Gasteiger partial charge in [-0.25, -0.2) is 4.79 Å². The highest BCUT2D eigenvalue weighted by molar-refractivity contribution is 5.85. The van der Waals surface area contributed by atoms with E-state index in [9.17, 15) is 9.59 Å². The van der Waals surface area contributed by atoms with Crippen LogP contribution in [0.15, 0.2) is 12.2 Å². The molecule has 1 aliphatic heterocycles. The summed E-state index contributed by atoms with van der Waals surface area (Å²) < 4.78 is 4.84. The molecule has 1 heterocycles. The number of esters is 1. The van der Waals surface area contributed by atoms with Crippen molar-refractivity contribution in [3.63, 3.8) is 0 Å². The van der Waals surface area contributed by atoms with Crippen LogP contribution in [0.5, 0.6) is 0 Å². The molecule has 1 amide bonds. The number of rotatable bonds is 16. The lowest BCUT2D eigenvalue weighted by molar-refractivity contribution is -0.141. The fourth-order valence-corrected chi connectivity index (χ4v) is 3.25.